The average Bonchev–Trinajstić information content (AvgIpc) is 2.32. The third-order valence-electron chi connectivity index (χ3n) is 0.975. The highest BCUT2D eigenvalue weighted by Gasteiger charge is 2.33. The van der Waals surface area contributed by atoms with Crippen molar-refractivity contribution in [2.24, 2.45) is 0 Å². The second-order valence-corrected chi connectivity index (χ2v) is 3.18. The number of nitrogens with zero attached hydrogens (tertiary/aromatic N) is 1. The number of hydrogen-bond acceptors (Lipinski definition) is 2. The first kappa shape index (κ1) is 8.99. The van der Waals surface area contributed by atoms with E-state index in [1.807, 2.05) is 0 Å². The Bertz CT molecular complexity index is 244. The first-order valence-electron chi connectivity index (χ1n) is 2.63. The predicted octanol–water partition coefficient (Wildman–Crippen LogP) is 3.06. The van der Waals surface area contributed by atoms with Crippen molar-refractivity contribution in [3.63, 3.8) is 0 Å². The smallest absolute Gasteiger partial charge is 0.196 e. The van der Waals surface area contributed by atoms with E-state index in [4.69, 9.17) is 0 Å². The Morgan fingerprint density at radius 3 is 2.45 bits per heavy atom. The number of hydrogen-bond donors (Lipinski definition) is 0. The van der Waals surface area contributed by atoms with Crippen LogP contribution >= 0.6 is 27.5 Å². The minimum atomic E-state index is -4.25. The molecule has 1 heterocycles. The van der Waals surface area contributed by atoms with Gasteiger partial charge < -0.3 is 0 Å². The van der Waals surface area contributed by atoms with Crippen LogP contribution in [0.2, 0.25) is 0 Å². The van der Waals surface area contributed by atoms with Gasteiger partial charge in [-0.3, -0.25) is 0 Å². The van der Waals surface area contributed by atoms with Crippen molar-refractivity contribution in [1.82, 2.24) is 4.37 Å². The van der Waals surface area contributed by atoms with Gasteiger partial charge in [0.05, 0.1) is 5.69 Å². The van der Waals surface area contributed by atoms with Crippen LogP contribution in [0.15, 0.2) is 6.07 Å². The SMILES string of the molecule is FC(F)(F)c1cc(CBr)ns1. The lowest BCUT2D eigenvalue weighted by Crippen LogP contribution is -2.00. The standard InChI is InChI=1S/C5H3BrF3NS/c6-2-3-1-4(11-10-3)5(7,8)9/h1H,2H2. The fourth-order valence-corrected chi connectivity index (χ4v) is 1.59. The monoisotopic (exact) mass is 245 g/mol. The first-order chi connectivity index (χ1) is 5.04. The molecule has 0 saturated heterocycles. The molecule has 0 radical (unpaired) electrons. The van der Waals surface area contributed by atoms with Crippen molar-refractivity contribution < 1.29 is 13.2 Å². The van der Waals surface area contributed by atoms with Crippen molar-refractivity contribution in [3.05, 3.63) is 16.6 Å². The molecule has 0 fully saturated rings. The van der Waals surface area contributed by atoms with Crippen LogP contribution in [0, 0.1) is 0 Å². The molecule has 0 saturated carbocycles. The maximum atomic E-state index is 11.9. The fourth-order valence-electron chi connectivity index (χ4n) is 0.508. The third-order valence-corrected chi connectivity index (χ3v) is 2.42. The third kappa shape index (κ3) is 2.16. The first-order valence-corrected chi connectivity index (χ1v) is 4.52. The summed E-state index contributed by atoms with van der Waals surface area (Å²) in [6.45, 7) is 0. The molecule has 6 heteroatoms. The van der Waals surface area contributed by atoms with Gasteiger partial charge >= 0.3 is 6.18 Å². The van der Waals surface area contributed by atoms with Crippen LogP contribution in [0.4, 0.5) is 13.2 Å². The number of alkyl halides is 4. The van der Waals surface area contributed by atoms with Gasteiger partial charge in [-0.2, -0.15) is 17.5 Å². The molecule has 0 amide bonds. The molecule has 0 spiro atoms. The molecule has 1 aromatic heterocycles. The van der Waals surface area contributed by atoms with Gasteiger partial charge in [0.25, 0.3) is 0 Å². The summed E-state index contributed by atoms with van der Waals surface area (Å²) >= 11 is 3.49. The maximum absolute atomic E-state index is 11.9. The molecule has 62 valence electrons. The minimum Gasteiger partial charge on any atom is -0.196 e. The highest BCUT2D eigenvalue weighted by Crippen LogP contribution is 2.32. The molecular formula is C5H3BrF3NS. The minimum absolute atomic E-state index is 0.361. The van der Waals surface area contributed by atoms with E-state index in [-0.39, 0.29) is 0 Å². The topological polar surface area (TPSA) is 12.9 Å². The van der Waals surface area contributed by atoms with E-state index in [1.54, 1.807) is 0 Å². The Balaban J connectivity index is 2.89. The van der Waals surface area contributed by atoms with Crippen LogP contribution in [-0.2, 0) is 11.5 Å². The summed E-state index contributed by atoms with van der Waals surface area (Å²) < 4.78 is 39.3. The Hall–Kier alpha value is -0.100. The number of rotatable bonds is 1. The molecule has 0 bridgehead atoms. The van der Waals surface area contributed by atoms with Crippen LogP contribution in [-0.4, -0.2) is 4.37 Å². The van der Waals surface area contributed by atoms with E-state index in [2.05, 4.69) is 20.3 Å². The lowest BCUT2D eigenvalue weighted by Gasteiger charge is -1.98. The second-order valence-electron chi connectivity index (χ2n) is 1.81. The molecule has 0 atom stereocenters. The van der Waals surface area contributed by atoms with E-state index in [0.717, 1.165) is 6.07 Å². The van der Waals surface area contributed by atoms with Gasteiger partial charge in [0.15, 0.2) is 0 Å². The quantitative estimate of drug-likeness (QED) is 0.694. The van der Waals surface area contributed by atoms with Crippen LogP contribution < -0.4 is 0 Å². The highest BCUT2D eigenvalue weighted by atomic mass is 79.9. The summed E-state index contributed by atoms with van der Waals surface area (Å²) in [5, 5.41) is 0.361. The Kier molecular flexibility index (Phi) is 2.54. The summed E-state index contributed by atoms with van der Waals surface area (Å²) in [5.41, 5.74) is 0.419. The van der Waals surface area contributed by atoms with Crippen LogP contribution in [0.5, 0.6) is 0 Å². The van der Waals surface area contributed by atoms with E-state index < -0.39 is 11.1 Å². The van der Waals surface area contributed by atoms with Gasteiger partial charge in [-0.05, 0) is 17.6 Å². The summed E-state index contributed by atoms with van der Waals surface area (Å²) in [4.78, 5) is -0.646. The van der Waals surface area contributed by atoms with E-state index in [1.165, 1.54) is 0 Å². The average molecular weight is 246 g/mol. The van der Waals surface area contributed by atoms with Crippen molar-refractivity contribution in [1.29, 1.82) is 0 Å². The van der Waals surface area contributed by atoms with Crippen LogP contribution in [0.3, 0.4) is 0 Å². The van der Waals surface area contributed by atoms with Gasteiger partial charge in [0.2, 0.25) is 0 Å². The zero-order valence-corrected chi connectivity index (χ0v) is 7.55. The van der Waals surface area contributed by atoms with Gasteiger partial charge in [-0.1, -0.05) is 15.9 Å². The Morgan fingerprint density at radius 1 is 1.55 bits per heavy atom. The van der Waals surface area contributed by atoms with Gasteiger partial charge in [0.1, 0.15) is 4.88 Å². The molecule has 11 heavy (non-hydrogen) atoms. The number of aromatic nitrogens is 1. The zero-order valence-electron chi connectivity index (χ0n) is 5.15. The molecule has 0 N–H and O–H groups in total. The molecule has 1 nitrogen and oxygen atoms in total. The van der Waals surface area contributed by atoms with Crippen molar-refractivity contribution >= 4 is 27.5 Å². The normalized spacial score (nSPS) is 12.0. The Labute approximate surface area is 73.5 Å². The maximum Gasteiger partial charge on any atom is 0.427 e. The van der Waals surface area contributed by atoms with Gasteiger partial charge in [0, 0.05) is 5.33 Å². The summed E-state index contributed by atoms with van der Waals surface area (Å²) in [6.07, 6.45) is -4.25. The fraction of sp³-hybridized carbons (Fsp3) is 0.400. The summed E-state index contributed by atoms with van der Waals surface area (Å²) in [6, 6.07) is 1.04. The van der Waals surface area contributed by atoms with Gasteiger partial charge in [-0.25, -0.2) is 0 Å². The van der Waals surface area contributed by atoms with E-state index in [9.17, 15) is 13.2 Å². The largest absolute Gasteiger partial charge is 0.427 e. The molecular weight excluding hydrogens is 243 g/mol. The van der Waals surface area contributed by atoms with Crippen LogP contribution in [0.25, 0.3) is 0 Å². The molecule has 0 aliphatic heterocycles. The van der Waals surface area contributed by atoms with Crippen molar-refractivity contribution in [3.8, 4) is 0 Å². The Morgan fingerprint density at radius 2 is 2.18 bits per heavy atom. The van der Waals surface area contributed by atoms with Gasteiger partial charge in [-0.15, -0.1) is 0 Å². The van der Waals surface area contributed by atoms with E-state index >= 15 is 0 Å². The summed E-state index contributed by atoms with van der Waals surface area (Å²) in [7, 11) is 0. The van der Waals surface area contributed by atoms with Crippen molar-refractivity contribution in [2.75, 3.05) is 0 Å². The lowest BCUT2D eigenvalue weighted by atomic mass is 10.4. The molecule has 1 rings (SSSR count). The molecule has 1 aromatic rings. The zero-order chi connectivity index (χ0) is 8.48. The van der Waals surface area contributed by atoms with Crippen molar-refractivity contribution in [2.45, 2.75) is 11.5 Å². The highest BCUT2D eigenvalue weighted by molar-refractivity contribution is 9.08. The lowest BCUT2D eigenvalue weighted by molar-refractivity contribution is -0.134. The molecule has 0 unspecified atom stereocenters. The molecule has 0 aliphatic carbocycles. The molecule has 0 aromatic carbocycles. The number of halogens is 4. The molecule has 0 aliphatic rings. The second kappa shape index (κ2) is 3.10. The van der Waals surface area contributed by atoms with Crippen LogP contribution in [0.1, 0.15) is 10.6 Å². The summed E-state index contributed by atoms with van der Waals surface area (Å²) in [5.74, 6) is 0. The van der Waals surface area contributed by atoms with E-state index in [0.29, 0.717) is 22.6 Å². The predicted molar refractivity (Wildman–Crippen MR) is 39.7 cm³/mol.